The molecule has 0 amide bonds. The Bertz CT molecular complexity index is 309. The maximum Gasteiger partial charge on any atom is 0.0432 e. The van der Waals surface area contributed by atoms with Crippen LogP contribution in [0.4, 0.5) is 0 Å². The van der Waals surface area contributed by atoms with Crippen molar-refractivity contribution < 1.29 is 0 Å². The van der Waals surface area contributed by atoms with Gasteiger partial charge in [0.15, 0.2) is 0 Å². The van der Waals surface area contributed by atoms with Crippen molar-refractivity contribution in [1.29, 1.82) is 0 Å². The summed E-state index contributed by atoms with van der Waals surface area (Å²) in [5, 5.41) is 3.52. The summed E-state index contributed by atoms with van der Waals surface area (Å²) in [6.45, 7) is 10.4. The molecule has 16 heavy (non-hydrogen) atoms. The fourth-order valence-corrected chi connectivity index (χ4v) is 1.65. The van der Waals surface area contributed by atoms with Crippen LogP contribution in [0.2, 0.25) is 0 Å². The SMILES string of the molecule is CC(Cl)CNCc1ccc(C(C)(C)C)cc1. The highest BCUT2D eigenvalue weighted by molar-refractivity contribution is 6.20. The maximum atomic E-state index is 5.87. The number of halogens is 1. The van der Waals surface area contributed by atoms with Gasteiger partial charge in [-0.3, -0.25) is 0 Å². The van der Waals surface area contributed by atoms with E-state index in [1.807, 2.05) is 6.92 Å². The molecule has 1 atom stereocenters. The quantitative estimate of drug-likeness (QED) is 0.791. The molecule has 0 fully saturated rings. The molecule has 0 aliphatic rings. The van der Waals surface area contributed by atoms with Crippen molar-refractivity contribution in [3.63, 3.8) is 0 Å². The van der Waals surface area contributed by atoms with E-state index in [1.54, 1.807) is 0 Å². The summed E-state index contributed by atoms with van der Waals surface area (Å²) < 4.78 is 0. The van der Waals surface area contributed by atoms with E-state index in [9.17, 15) is 0 Å². The summed E-state index contributed by atoms with van der Waals surface area (Å²) in [4.78, 5) is 0. The number of nitrogens with one attached hydrogen (secondary N) is 1. The van der Waals surface area contributed by atoms with Gasteiger partial charge in [-0.1, -0.05) is 45.0 Å². The first kappa shape index (κ1) is 13.5. The van der Waals surface area contributed by atoms with Crippen LogP contribution in [0.3, 0.4) is 0 Å². The first-order chi connectivity index (χ1) is 7.39. The molecule has 0 saturated carbocycles. The lowest BCUT2D eigenvalue weighted by atomic mass is 9.87. The lowest BCUT2D eigenvalue weighted by Gasteiger charge is -2.19. The van der Waals surface area contributed by atoms with Crippen LogP contribution in [0, 0.1) is 0 Å². The van der Waals surface area contributed by atoms with E-state index in [-0.39, 0.29) is 10.8 Å². The van der Waals surface area contributed by atoms with Gasteiger partial charge in [-0.15, -0.1) is 11.6 Å². The molecule has 2 heteroatoms. The fraction of sp³-hybridized carbons (Fsp3) is 0.571. The lowest BCUT2D eigenvalue weighted by Crippen LogP contribution is -2.20. The fourth-order valence-electron chi connectivity index (χ4n) is 1.54. The third-order valence-corrected chi connectivity index (χ3v) is 2.73. The Labute approximate surface area is 104 Å². The molecule has 0 saturated heterocycles. The largest absolute Gasteiger partial charge is 0.311 e. The second-order valence-electron chi connectivity index (χ2n) is 5.36. The number of hydrogen-bond donors (Lipinski definition) is 1. The van der Waals surface area contributed by atoms with Crippen LogP contribution in [-0.2, 0) is 12.0 Å². The summed E-state index contributed by atoms with van der Waals surface area (Å²) in [6.07, 6.45) is 0. The van der Waals surface area contributed by atoms with Gasteiger partial charge in [0.05, 0.1) is 0 Å². The highest BCUT2D eigenvalue weighted by Gasteiger charge is 2.12. The normalized spacial score (nSPS) is 13.8. The number of rotatable bonds is 4. The third-order valence-electron chi connectivity index (χ3n) is 2.57. The molecule has 1 aromatic carbocycles. The second-order valence-corrected chi connectivity index (χ2v) is 6.10. The predicted octanol–water partition coefficient (Wildman–Crippen LogP) is 3.70. The molecule has 90 valence electrons. The maximum absolute atomic E-state index is 5.87. The van der Waals surface area contributed by atoms with Gasteiger partial charge in [0.2, 0.25) is 0 Å². The van der Waals surface area contributed by atoms with Crippen molar-refractivity contribution in [1.82, 2.24) is 5.32 Å². The molecular weight excluding hydrogens is 218 g/mol. The Balaban J connectivity index is 2.52. The first-order valence-corrected chi connectivity index (χ1v) is 6.27. The Kier molecular flexibility index (Phi) is 4.82. The van der Waals surface area contributed by atoms with E-state index >= 15 is 0 Å². The highest BCUT2D eigenvalue weighted by atomic mass is 35.5. The van der Waals surface area contributed by atoms with Crippen LogP contribution in [-0.4, -0.2) is 11.9 Å². The number of benzene rings is 1. The molecular formula is C14H22ClN. The topological polar surface area (TPSA) is 12.0 Å². The van der Waals surface area contributed by atoms with Crippen molar-refractivity contribution in [3.05, 3.63) is 35.4 Å². The smallest absolute Gasteiger partial charge is 0.0432 e. The second kappa shape index (κ2) is 5.70. The van der Waals surface area contributed by atoms with Crippen LogP contribution < -0.4 is 5.32 Å². The molecule has 1 nitrogen and oxygen atoms in total. The van der Waals surface area contributed by atoms with Gasteiger partial charge in [0.1, 0.15) is 0 Å². The van der Waals surface area contributed by atoms with Crippen LogP contribution >= 0.6 is 11.6 Å². The molecule has 0 heterocycles. The minimum atomic E-state index is 0.189. The molecule has 0 spiro atoms. The molecule has 1 aromatic rings. The first-order valence-electron chi connectivity index (χ1n) is 5.84. The average molecular weight is 240 g/mol. The van der Waals surface area contributed by atoms with Crippen molar-refractivity contribution in [2.45, 2.75) is 45.0 Å². The Hall–Kier alpha value is -0.530. The van der Waals surface area contributed by atoms with E-state index in [0.717, 1.165) is 13.1 Å². The van der Waals surface area contributed by atoms with Gasteiger partial charge in [-0.05, 0) is 23.5 Å². The third kappa shape index (κ3) is 4.54. The summed E-state index contributed by atoms with van der Waals surface area (Å²) in [5.74, 6) is 0. The van der Waals surface area contributed by atoms with E-state index in [0.29, 0.717) is 0 Å². The van der Waals surface area contributed by atoms with Crippen LogP contribution in [0.15, 0.2) is 24.3 Å². The molecule has 0 radical (unpaired) electrons. The zero-order chi connectivity index (χ0) is 12.2. The van der Waals surface area contributed by atoms with Crippen molar-refractivity contribution in [3.8, 4) is 0 Å². The Morgan fingerprint density at radius 2 is 1.75 bits per heavy atom. The van der Waals surface area contributed by atoms with Crippen molar-refractivity contribution in [2.24, 2.45) is 0 Å². The van der Waals surface area contributed by atoms with Crippen LogP contribution in [0.1, 0.15) is 38.8 Å². The van der Waals surface area contributed by atoms with E-state index < -0.39 is 0 Å². The summed E-state index contributed by atoms with van der Waals surface area (Å²) in [7, 11) is 0. The standard InChI is InChI=1S/C14H22ClN/c1-11(15)9-16-10-12-5-7-13(8-6-12)14(2,3)4/h5-8,11,16H,9-10H2,1-4H3. The van der Waals surface area contributed by atoms with Gasteiger partial charge in [-0.2, -0.15) is 0 Å². The zero-order valence-corrected chi connectivity index (χ0v) is 11.4. The molecule has 1 N–H and O–H groups in total. The Morgan fingerprint density at radius 1 is 1.19 bits per heavy atom. The molecule has 1 rings (SSSR count). The molecule has 1 unspecified atom stereocenters. The molecule has 0 aliphatic carbocycles. The zero-order valence-electron chi connectivity index (χ0n) is 10.7. The van der Waals surface area contributed by atoms with Crippen LogP contribution in [0.25, 0.3) is 0 Å². The summed E-state index contributed by atoms with van der Waals surface area (Å²) >= 11 is 5.87. The van der Waals surface area contributed by atoms with Gasteiger partial charge in [0, 0.05) is 18.5 Å². The number of alkyl halides is 1. The predicted molar refractivity (Wildman–Crippen MR) is 72.2 cm³/mol. The minimum absolute atomic E-state index is 0.189. The van der Waals surface area contributed by atoms with Crippen molar-refractivity contribution in [2.75, 3.05) is 6.54 Å². The highest BCUT2D eigenvalue weighted by Crippen LogP contribution is 2.22. The van der Waals surface area contributed by atoms with E-state index in [1.165, 1.54) is 11.1 Å². The average Bonchev–Trinajstić information content (AvgIpc) is 2.16. The summed E-state index contributed by atoms with van der Waals surface area (Å²) in [6, 6.07) is 8.79. The molecule has 0 bridgehead atoms. The van der Waals surface area contributed by atoms with Gasteiger partial charge < -0.3 is 5.32 Å². The van der Waals surface area contributed by atoms with E-state index in [2.05, 4.69) is 50.4 Å². The number of hydrogen-bond acceptors (Lipinski definition) is 1. The lowest BCUT2D eigenvalue weighted by molar-refractivity contribution is 0.589. The molecule has 0 aromatic heterocycles. The van der Waals surface area contributed by atoms with Crippen LogP contribution in [0.5, 0.6) is 0 Å². The summed E-state index contributed by atoms with van der Waals surface area (Å²) in [5.41, 5.74) is 2.92. The monoisotopic (exact) mass is 239 g/mol. The van der Waals surface area contributed by atoms with Gasteiger partial charge in [0.25, 0.3) is 0 Å². The van der Waals surface area contributed by atoms with Gasteiger partial charge >= 0.3 is 0 Å². The Morgan fingerprint density at radius 3 is 2.19 bits per heavy atom. The minimum Gasteiger partial charge on any atom is -0.311 e. The van der Waals surface area contributed by atoms with Crippen molar-refractivity contribution >= 4 is 11.6 Å². The van der Waals surface area contributed by atoms with E-state index in [4.69, 9.17) is 11.6 Å². The molecule has 0 aliphatic heterocycles. The van der Waals surface area contributed by atoms with Gasteiger partial charge in [-0.25, -0.2) is 0 Å².